The Labute approximate surface area is 146 Å². The van der Waals surface area contributed by atoms with Crippen molar-refractivity contribution >= 4 is 23.3 Å². The Hall–Kier alpha value is -1.62. The maximum atomic E-state index is 12.3. The van der Waals surface area contributed by atoms with Crippen molar-refractivity contribution in [1.29, 1.82) is 0 Å². The van der Waals surface area contributed by atoms with Crippen molar-refractivity contribution in [2.24, 2.45) is 11.8 Å². The average Bonchev–Trinajstić information content (AvgIpc) is 3.13. The molecule has 130 valence electrons. The minimum atomic E-state index is -0.837. The number of carbonyl (C=O) groups is 2. The molecular weight excluding hydrogens is 324 g/mol. The molecule has 0 aromatic carbocycles. The van der Waals surface area contributed by atoms with E-state index in [-0.39, 0.29) is 19.1 Å². The highest BCUT2D eigenvalue weighted by atomic mass is 32.1. The summed E-state index contributed by atoms with van der Waals surface area (Å²) in [5, 5.41) is 0. The van der Waals surface area contributed by atoms with E-state index in [0.717, 1.165) is 6.42 Å². The highest BCUT2D eigenvalue weighted by molar-refractivity contribution is 7.12. The third-order valence-corrected chi connectivity index (χ3v) is 6.11. The molecule has 3 atom stereocenters. The molecule has 3 unspecified atom stereocenters. The van der Waals surface area contributed by atoms with Crippen LogP contribution in [0, 0.1) is 18.8 Å². The van der Waals surface area contributed by atoms with Gasteiger partial charge in [0.05, 0.1) is 13.2 Å². The molecule has 0 saturated carbocycles. The highest BCUT2D eigenvalue weighted by Gasteiger charge is 2.42. The number of allylic oxidation sites excluding steroid dienone is 2. The Morgan fingerprint density at radius 2 is 1.88 bits per heavy atom. The van der Waals surface area contributed by atoms with Crippen LogP contribution in [-0.2, 0) is 19.1 Å². The SMILES string of the molecule is CCOC(=O)C(CC1c2sc(C)cc2C2C=CC1C2)C(=O)OCC. The zero-order valence-electron chi connectivity index (χ0n) is 14.4. The van der Waals surface area contributed by atoms with Crippen molar-refractivity contribution in [1.82, 2.24) is 0 Å². The largest absolute Gasteiger partial charge is 0.465 e. The van der Waals surface area contributed by atoms with Crippen LogP contribution >= 0.6 is 11.3 Å². The Kier molecular flexibility index (Phi) is 5.09. The summed E-state index contributed by atoms with van der Waals surface area (Å²) in [6.07, 6.45) is 6.07. The monoisotopic (exact) mass is 348 g/mol. The lowest BCUT2D eigenvalue weighted by Gasteiger charge is -2.31. The summed E-state index contributed by atoms with van der Waals surface area (Å²) in [6.45, 7) is 6.17. The van der Waals surface area contributed by atoms with Crippen LogP contribution in [0.5, 0.6) is 0 Å². The summed E-state index contributed by atoms with van der Waals surface area (Å²) in [5.74, 6) is -0.685. The predicted octanol–water partition coefficient (Wildman–Crippen LogP) is 3.95. The van der Waals surface area contributed by atoms with E-state index >= 15 is 0 Å². The van der Waals surface area contributed by atoms with Crippen molar-refractivity contribution < 1.29 is 19.1 Å². The van der Waals surface area contributed by atoms with Crippen molar-refractivity contribution in [2.75, 3.05) is 13.2 Å². The summed E-state index contributed by atoms with van der Waals surface area (Å²) in [5.41, 5.74) is 1.37. The number of carbonyl (C=O) groups excluding carboxylic acids is 2. The summed E-state index contributed by atoms with van der Waals surface area (Å²) >= 11 is 1.79. The minimum Gasteiger partial charge on any atom is -0.465 e. The maximum absolute atomic E-state index is 12.3. The molecule has 1 aromatic rings. The fraction of sp³-hybridized carbons (Fsp3) is 0.579. The van der Waals surface area contributed by atoms with Gasteiger partial charge in [0.2, 0.25) is 0 Å². The van der Waals surface area contributed by atoms with Gasteiger partial charge in [-0.1, -0.05) is 12.2 Å². The van der Waals surface area contributed by atoms with Crippen molar-refractivity contribution in [3.63, 3.8) is 0 Å². The normalized spacial score (nSPS) is 24.1. The Morgan fingerprint density at radius 3 is 2.50 bits per heavy atom. The molecule has 0 aliphatic heterocycles. The van der Waals surface area contributed by atoms with Crippen LogP contribution in [0.4, 0.5) is 0 Å². The highest BCUT2D eigenvalue weighted by Crippen LogP contribution is 2.53. The predicted molar refractivity (Wildman–Crippen MR) is 93.2 cm³/mol. The fourth-order valence-corrected chi connectivity index (χ4v) is 5.18. The fourth-order valence-electron chi connectivity index (χ4n) is 3.89. The van der Waals surface area contributed by atoms with Gasteiger partial charge in [0.25, 0.3) is 0 Å². The number of rotatable bonds is 6. The molecule has 0 spiro atoms. The second kappa shape index (κ2) is 7.09. The molecule has 4 nitrogen and oxygen atoms in total. The van der Waals surface area contributed by atoms with Crippen LogP contribution in [-0.4, -0.2) is 25.2 Å². The van der Waals surface area contributed by atoms with Gasteiger partial charge in [-0.25, -0.2) is 0 Å². The molecule has 0 fully saturated rings. The number of aryl methyl sites for hydroxylation is 1. The topological polar surface area (TPSA) is 52.6 Å². The number of thiophene rings is 1. The quantitative estimate of drug-likeness (QED) is 0.444. The first kappa shape index (κ1) is 17.2. The molecule has 0 amide bonds. The second-order valence-electron chi connectivity index (χ2n) is 6.47. The molecule has 1 heterocycles. The molecule has 0 radical (unpaired) electrons. The van der Waals surface area contributed by atoms with E-state index < -0.39 is 17.9 Å². The van der Waals surface area contributed by atoms with Crippen molar-refractivity contribution in [2.45, 2.75) is 45.4 Å². The summed E-state index contributed by atoms with van der Waals surface area (Å²) in [4.78, 5) is 27.3. The van der Waals surface area contributed by atoms with E-state index in [1.54, 1.807) is 25.2 Å². The average molecular weight is 348 g/mol. The minimum absolute atomic E-state index is 0.188. The number of ether oxygens (including phenoxy) is 2. The Balaban J connectivity index is 1.87. The van der Waals surface area contributed by atoms with Gasteiger partial charge in [-0.05, 0) is 51.2 Å². The first-order valence-corrected chi connectivity index (χ1v) is 9.48. The van der Waals surface area contributed by atoms with E-state index in [2.05, 4.69) is 25.1 Å². The first-order chi connectivity index (χ1) is 11.5. The molecule has 2 aliphatic rings. The maximum Gasteiger partial charge on any atom is 0.320 e. The molecule has 2 bridgehead atoms. The number of hydrogen-bond acceptors (Lipinski definition) is 5. The van der Waals surface area contributed by atoms with Crippen LogP contribution in [0.3, 0.4) is 0 Å². The molecule has 1 aromatic heterocycles. The zero-order chi connectivity index (χ0) is 17.3. The molecule has 0 saturated heterocycles. The van der Waals surface area contributed by atoms with Crippen LogP contribution in [0.15, 0.2) is 18.2 Å². The lowest BCUT2D eigenvalue weighted by atomic mass is 9.75. The van der Waals surface area contributed by atoms with Gasteiger partial charge in [-0.15, -0.1) is 11.3 Å². The lowest BCUT2D eigenvalue weighted by molar-refractivity contribution is -0.162. The van der Waals surface area contributed by atoms with Gasteiger partial charge in [-0.2, -0.15) is 0 Å². The van der Waals surface area contributed by atoms with Crippen LogP contribution in [0.25, 0.3) is 0 Å². The molecule has 3 rings (SSSR count). The Bertz CT molecular complexity index is 642. The summed E-state index contributed by atoms with van der Waals surface area (Å²) < 4.78 is 10.3. The lowest BCUT2D eigenvalue weighted by Crippen LogP contribution is -2.31. The van der Waals surface area contributed by atoms with Crippen molar-refractivity contribution in [3.8, 4) is 0 Å². The molecule has 0 N–H and O–H groups in total. The number of hydrogen-bond donors (Lipinski definition) is 0. The molecular formula is C19H24O4S. The third-order valence-electron chi connectivity index (χ3n) is 4.92. The van der Waals surface area contributed by atoms with E-state index in [1.807, 2.05) is 0 Å². The van der Waals surface area contributed by atoms with Gasteiger partial charge in [0.1, 0.15) is 0 Å². The van der Waals surface area contributed by atoms with Crippen LogP contribution in [0.2, 0.25) is 0 Å². The first-order valence-electron chi connectivity index (χ1n) is 8.66. The van der Waals surface area contributed by atoms with E-state index in [9.17, 15) is 9.59 Å². The van der Waals surface area contributed by atoms with Crippen LogP contribution in [0.1, 0.15) is 53.8 Å². The van der Waals surface area contributed by atoms with E-state index in [1.165, 1.54) is 15.3 Å². The molecule has 24 heavy (non-hydrogen) atoms. The van der Waals surface area contributed by atoms with Gasteiger partial charge in [0.15, 0.2) is 5.92 Å². The number of esters is 2. The van der Waals surface area contributed by atoms with E-state index in [0.29, 0.717) is 18.3 Å². The van der Waals surface area contributed by atoms with Crippen LogP contribution < -0.4 is 0 Å². The summed E-state index contributed by atoms with van der Waals surface area (Å²) in [7, 11) is 0. The van der Waals surface area contributed by atoms with Gasteiger partial charge in [-0.3, -0.25) is 9.59 Å². The smallest absolute Gasteiger partial charge is 0.320 e. The van der Waals surface area contributed by atoms with Gasteiger partial charge < -0.3 is 9.47 Å². The van der Waals surface area contributed by atoms with Crippen molar-refractivity contribution in [3.05, 3.63) is 33.5 Å². The van der Waals surface area contributed by atoms with E-state index in [4.69, 9.17) is 9.47 Å². The summed E-state index contributed by atoms with van der Waals surface area (Å²) in [6, 6.07) is 2.26. The second-order valence-corrected chi connectivity index (χ2v) is 7.75. The standard InChI is InChI=1S/C19H24O4S/c1-4-22-18(20)16(19(21)23-5-2)10-15-13-7-6-12(9-13)14-8-11(3)24-17(14)15/h6-8,12-13,15-16H,4-5,9-10H2,1-3H3. The Morgan fingerprint density at radius 1 is 1.21 bits per heavy atom. The van der Waals surface area contributed by atoms with Gasteiger partial charge in [0, 0.05) is 21.6 Å². The number of fused-ring (bicyclic) bond motifs is 4. The van der Waals surface area contributed by atoms with Gasteiger partial charge >= 0.3 is 11.9 Å². The molecule has 2 aliphatic carbocycles. The zero-order valence-corrected chi connectivity index (χ0v) is 15.2. The molecule has 5 heteroatoms. The third kappa shape index (κ3) is 3.14.